The minimum absolute atomic E-state index is 0.0530. The van der Waals surface area contributed by atoms with E-state index in [-0.39, 0.29) is 23.5 Å². The number of hydrogen-bond acceptors (Lipinski definition) is 4. The number of carboxylic acid groups (broad SMARTS) is 1. The Bertz CT molecular complexity index is 461. The van der Waals surface area contributed by atoms with E-state index in [9.17, 15) is 9.59 Å². The van der Waals surface area contributed by atoms with Crippen molar-refractivity contribution >= 4 is 11.9 Å². The highest BCUT2D eigenvalue weighted by Crippen LogP contribution is 2.16. The van der Waals surface area contributed by atoms with E-state index in [2.05, 4.69) is 0 Å². The lowest BCUT2D eigenvalue weighted by molar-refractivity contribution is 0.0510. The van der Waals surface area contributed by atoms with Crippen LogP contribution in [0.4, 0.5) is 0 Å². The quantitative estimate of drug-likeness (QED) is 0.876. The SMILES string of the molecule is CCN(CC1CCCO1)C(=O)c1ccc(C(=O)O)o1. The van der Waals surface area contributed by atoms with E-state index in [0.29, 0.717) is 13.1 Å². The molecule has 1 aliphatic heterocycles. The maximum absolute atomic E-state index is 12.2. The van der Waals surface area contributed by atoms with Crippen molar-refractivity contribution in [3.05, 3.63) is 23.7 Å². The fraction of sp³-hybridized carbons (Fsp3) is 0.538. The Hall–Kier alpha value is -1.82. The van der Waals surface area contributed by atoms with Gasteiger partial charge in [-0.1, -0.05) is 0 Å². The molecule has 0 spiro atoms. The summed E-state index contributed by atoms with van der Waals surface area (Å²) in [6.45, 7) is 3.65. The molecule has 2 heterocycles. The number of carbonyl (C=O) groups excluding carboxylic acids is 1. The first-order valence-electron chi connectivity index (χ1n) is 6.35. The molecule has 19 heavy (non-hydrogen) atoms. The lowest BCUT2D eigenvalue weighted by atomic mass is 10.2. The third kappa shape index (κ3) is 3.14. The molecule has 6 nitrogen and oxygen atoms in total. The Balaban J connectivity index is 2.04. The minimum Gasteiger partial charge on any atom is -0.475 e. The Labute approximate surface area is 110 Å². The van der Waals surface area contributed by atoms with E-state index in [4.69, 9.17) is 14.3 Å². The molecule has 1 fully saturated rings. The van der Waals surface area contributed by atoms with Crippen LogP contribution in [0.1, 0.15) is 40.9 Å². The maximum Gasteiger partial charge on any atom is 0.371 e. The first-order chi connectivity index (χ1) is 9.11. The molecule has 2 rings (SSSR count). The molecule has 6 heteroatoms. The monoisotopic (exact) mass is 267 g/mol. The van der Waals surface area contributed by atoms with Crippen LogP contribution in [-0.4, -0.2) is 47.7 Å². The van der Waals surface area contributed by atoms with Gasteiger partial charge in [0.1, 0.15) is 0 Å². The van der Waals surface area contributed by atoms with Crippen LogP contribution in [0.3, 0.4) is 0 Å². The highest BCUT2D eigenvalue weighted by atomic mass is 16.5. The molecule has 1 amide bonds. The van der Waals surface area contributed by atoms with Crippen LogP contribution < -0.4 is 0 Å². The highest BCUT2D eigenvalue weighted by Gasteiger charge is 2.24. The second-order valence-electron chi connectivity index (χ2n) is 4.45. The van der Waals surface area contributed by atoms with Crippen LogP contribution in [0, 0.1) is 0 Å². The molecular formula is C13H17NO5. The van der Waals surface area contributed by atoms with E-state index in [1.807, 2.05) is 6.92 Å². The Morgan fingerprint density at radius 1 is 1.42 bits per heavy atom. The summed E-state index contributed by atoms with van der Waals surface area (Å²) in [4.78, 5) is 24.5. The molecule has 104 valence electrons. The van der Waals surface area contributed by atoms with Gasteiger partial charge in [-0.2, -0.15) is 0 Å². The third-order valence-electron chi connectivity index (χ3n) is 3.14. The summed E-state index contributed by atoms with van der Waals surface area (Å²) < 4.78 is 10.5. The molecule has 1 N–H and O–H groups in total. The summed E-state index contributed by atoms with van der Waals surface area (Å²) in [6.07, 6.45) is 2.03. The Morgan fingerprint density at radius 2 is 2.16 bits per heavy atom. The van der Waals surface area contributed by atoms with Crippen molar-refractivity contribution in [2.24, 2.45) is 0 Å². The lowest BCUT2D eigenvalue weighted by Crippen LogP contribution is -2.37. The van der Waals surface area contributed by atoms with Crippen molar-refractivity contribution in [1.82, 2.24) is 4.90 Å². The number of furan rings is 1. The van der Waals surface area contributed by atoms with E-state index in [1.54, 1.807) is 4.90 Å². The number of amides is 1. The van der Waals surface area contributed by atoms with Gasteiger partial charge in [-0.3, -0.25) is 4.79 Å². The van der Waals surface area contributed by atoms with E-state index < -0.39 is 5.97 Å². The van der Waals surface area contributed by atoms with Gasteiger partial charge in [-0.25, -0.2) is 4.79 Å². The molecule has 0 bridgehead atoms. The zero-order chi connectivity index (χ0) is 13.8. The first-order valence-corrected chi connectivity index (χ1v) is 6.35. The smallest absolute Gasteiger partial charge is 0.371 e. The predicted molar refractivity (Wildman–Crippen MR) is 66.2 cm³/mol. The summed E-state index contributed by atoms with van der Waals surface area (Å²) in [6, 6.07) is 2.68. The fourth-order valence-electron chi connectivity index (χ4n) is 2.11. The second kappa shape index (κ2) is 5.88. The summed E-state index contributed by atoms with van der Waals surface area (Å²) in [5, 5.41) is 8.77. The van der Waals surface area contributed by atoms with Gasteiger partial charge in [0.25, 0.3) is 5.91 Å². The maximum atomic E-state index is 12.2. The highest BCUT2D eigenvalue weighted by molar-refractivity contribution is 5.93. The third-order valence-corrected chi connectivity index (χ3v) is 3.14. The predicted octanol–water partition coefficient (Wildman–Crippen LogP) is 1.62. The van der Waals surface area contributed by atoms with Crippen molar-refractivity contribution < 1.29 is 23.8 Å². The molecule has 0 radical (unpaired) electrons. The summed E-state index contributed by atoms with van der Waals surface area (Å²) >= 11 is 0. The summed E-state index contributed by atoms with van der Waals surface area (Å²) in [5.41, 5.74) is 0. The van der Waals surface area contributed by atoms with Crippen LogP contribution >= 0.6 is 0 Å². The van der Waals surface area contributed by atoms with Gasteiger partial charge in [0, 0.05) is 19.7 Å². The molecule has 1 saturated heterocycles. The molecule has 1 aliphatic rings. The molecule has 1 unspecified atom stereocenters. The van der Waals surface area contributed by atoms with E-state index in [0.717, 1.165) is 19.4 Å². The number of hydrogen-bond donors (Lipinski definition) is 1. The van der Waals surface area contributed by atoms with Gasteiger partial charge in [-0.05, 0) is 31.9 Å². The Kier molecular flexibility index (Phi) is 4.21. The zero-order valence-corrected chi connectivity index (χ0v) is 10.8. The molecule has 1 aromatic rings. The molecular weight excluding hydrogens is 250 g/mol. The number of likely N-dealkylation sites (N-methyl/N-ethyl adjacent to an activating group) is 1. The molecule has 1 aromatic heterocycles. The van der Waals surface area contributed by atoms with Gasteiger partial charge in [0.05, 0.1) is 6.10 Å². The van der Waals surface area contributed by atoms with Crippen molar-refractivity contribution in [3.63, 3.8) is 0 Å². The normalized spacial score (nSPS) is 18.5. The van der Waals surface area contributed by atoms with E-state index in [1.165, 1.54) is 12.1 Å². The second-order valence-corrected chi connectivity index (χ2v) is 4.45. The van der Waals surface area contributed by atoms with Crippen LogP contribution in [0.25, 0.3) is 0 Å². The number of nitrogens with zero attached hydrogens (tertiary/aromatic N) is 1. The lowest BCUT2D eigenvalue weighted by Gasteiger charge is -2.22. The fourth-order valence-corrected chi connectivity index (χ4v) is 2.11. The zero-order valence-electron chi connectivity index (χ0n) is 10.8. The number of carbonyl (C=O) groups is 2. The van der Waals surface area contributed by atoms with Crippen molar-refractivity contribution in [2.75, 3.05) is 19.7 Å². The number of carboxylic acids is 1. The van der Waals surface area contributed by atoms with Crippen molar-refractivity contribution in [1.29, 1.82) is 0 Å². The Morgan fingerprint density at radius 3 is 2.68 bits per heavy atom. The van der Waals surface area contributed by atoms with Gasteiger partial charge >= 0.3 is 5.97 Å². The van der Waals surface area contributed by atoms with Crippen LogP contribution in [0.15, 0.2) is 16.5 Å². The largest absolute Gasteiger partial charge is 0.475 e. The number of rotatable bonds is 5. The van der Waals surface area contributed by atoms with Crippen molar-refractivity contribution in [3.8, 4) is 0 Å². The minimum atomic E-state index is -1.18. The van der Waals surface area contributed by atoms with Crippen LogP contribution in [-0.2, 0) is 4.74 Å². The average molecular weight is 267 g/mol. The van der Waals surface area contributed by atoms with Gasteiger partial charge in [0.15, 0.2) is 5.76 Å². The number of aromatic carboxylic acids is 1. The molecule has 1 atom stereocenters. The first kappa shape index (κ1) is 13.6. The average Bonchev–Trinajstić information content (AvgIpc) is 3.06. The van der Waals surface area contributed by atoms with Gasteiger partial charge in [0.2, 0.25) is 5.76 Å². The van der Waals surface area contributed by atoms with Gasteiger partial charge < -0.3 is 19.2 Å². The topological polar surface area (TPSA) is 80.0 Å². The summed E-state index contributed by atoms with van der Waals surface area (Å²) in [7, 11) is 0. The van der Waals surface area contributed by atoms with E-state index >= 15 is 0 Å². The standard InChI is InChI=1S/C13H17NO5/c1-2-14(8-9-4-3-7-18-9)12(15)10-5-6-11(19-10)13(16)17/h5-6,9H,2-4,7-8H2,1H3,(H,16,17). The van der Waals surface area contributed by atoms with Crippen molar-refractivity contribution in [2.45, 2.75) is 25.9 Å². The van der Waals surface area contributed by atoms with Crippen LogP contribution in [0.5, 0.6) is 0 Å². The number of ether oxygens (including phenoxy) is 1. The van der Waals surface area contributed by atoms with Crippen LogP contribution in [0.2, 0.25) is 0 Å². The molecule has 0 saturated carbocycles. The van der Waals surface area contributed by atoms with Gasteiger partial charge in [-0.15, -0.1) is 0 Å². The molecule has 0 aliphatic carbocycles. The summed E-state index contributed by atoms with van der Waals surface area (Å²) in [5.74, 6) is -1.65. The molecule has 0 aromatic carbocycles.